The fraction of sp³-hybridized carbons (Fsp3) is 0.300. The summed E-state index contributed by atoms with van der Waals surface area (Å²) in [7, 11) is 4.64. The van der Waals surface area contributed by atoms with E-state index in [1.807, 2.05) is 25.1 Å². The summed E-state index contributed by atoms with van der Waals surface area (Å²) >= 11 is 7.51. The summed E-state index contributed by atoms with van der Waals surface area (Å²) in [6.45, 7) is 2.42. The number of fused-ring (bicyclic) bond motifs is 1. The highest BCUT2D eigenvalue weighted by atomic mass is 35.5. The van der Waals surface area contributed by atoms with Gasteiger partial charge in [0.05, 0.1) is 38.0 Å². The van der Waals surface area contributed by atoms with Crippen LogP contribution in [0, 0.1) is 0 Å². The molecule has 0 unspecified atom stereocenters. The van der Waals surface area contributed by atoms with Crippen molar-refractivity contribution in [1.29, 1.82) is 0 Å². The molecule has 0 saturated carbocycles. The van der Waals surface area contributed by atoms with E-state index in [2.05, 4.69) is 4.98 Å². The van der Waals surface area contributed by atoms with E-state index in [9.17, 15) is 4.79 Å². The van der Waals surface area contributed by atoms with E-state index in [0.717, 1.165) is 10.2 Å². The number of ether oxygens (including phenoxy) is 3. The van der Waals surface area contributed by atoms with Gasteiger partial charge in [-0.25, -0.2) is 4.98 Å². The van der Waals surface area contributed by atoms with Gasteiger partial charge in [-0.2, -0.15) is 0 Å². The number of rotatable bonds is 7. The lowest BCUT2D eigenvalue weighted by Gasteiger charge is -2.20. The second-order valence-corrected chi connectivity index (χ2v) is 7.36. The normalized spacial score (nSPS) is 10.8. The monoisotopic (exact) mass is 420 g/mol. The molecule has 148 valence electrons. The topological polar surface area (TPSA) is 60.9 Å². The Morgan fingerprint density at radius 2 is 1.86 bits per heavy atom. The zero-order valence-electron chi connectivity index (χ0n) is 16.1. The van der Waals surface area contributed by atoms with Crippen LogP contribution < -0.4 is 19.1 Å². The van der Waals surface area contributed by atoms with E-state index in [-0.39, 0.29) is 12.3 Å². The predicted octanol–water partition coefficient (Wildman–Crippen LogP) is 4.57. The van der Waals surface area contributed by atoms with Gasteiger partial charge in [-0.05, 0) is 31.2 Å². The van der Waals surface area contributed by atoms with Crippen LogP contribution in [0.4, 0.5) is 5.13 Å². The molecule has 0 saturated heterocycles. The number of benzene rings is 2. The van der Waals surface area contributed by atoms with E-state index in [4.69, 9.17) is 25.8 Å². The zero-order chi connectivity index (χ0) is 20.3. The molecule has 0 N–H and O–H groups in total. The Labute approximate surface area is 172 Å². The van der Waals surface area contributed by atoms with E-state index >= 15 is 0 Å². The van der Waals surface area contributed by atoms with Crippen LogP contribution in [0.15, 0.2) is 30.3 Å². The van der Waals surface area contributed by atoms with Crippen molar-refractivity contribution in [2.45, 2.75) is 13.3 Å². The molecular weight excluding hydrogens is 400 g/mol. The number of halogens is 1. The van der Waals surface area contributed by atoms with Crippen molar-refractivity contribution in [3.8, 4) is 17.2 Å². The van der Waals surface area contributed by atoms with Gasteiger partial charge in [0, 0.05) is 17.1 Å². The number of thiazole rings is 1. The summed E-state index contributed by atoms with van der Waals surface area (Å²) in [6, 6.07) is 9.10. The Balaban J connectivity index is 1.91. The van der Waals surface area contributed by atoms with Crippen molar-refractivity contribution in [3.05, 3.63) is 40.9 Å². The standard InChI is InChI=1S/C20H21ClN2O4S/c1-5-23(20-22-14-11-13(21)7-9-16(14)28-20)17(24)10-12-6-8-15(25-2)19(27-4)18(12)26-3/h6-9,11H,5,10H2,1-4H3. The molecule has 0 aliphatic rings. The van der Waals surface area contributed by atoms with Gasteiger partial charge >= 0.3 is 0 Å². The summed E-state index contributed by atoms with van der Waals surface area (Å²) in [5.41, 5.74) is 1.50. The van der Waals surface area contributed by atoms with Crippen LogP contribution in [-0.4, -0.2) is 38.8 Å². The molecule has 3 rings (SSSR count). The van der Waals surface area contributed by atoms with E-state index in [0.29, 0.717) is 39.5 Å². The molecule has 1 heterocycles. The Morgan fingerprint density at radius 3 is 2.50 bits per heavy atom. The lowest BCUT2D eigenvalue weighted by molar-refractivity contribution is -0.118. The summed E-state index contributed by atoms with van der Waals surface area (Å²) in [6.07, 6.45) is 0.147. The van der Waals surface area contributed by atoms with Crippen molar-refractivity contribution < 1.29 is 19.0 Å². The van der Waals surface area contributed by atoms with E-state index < -0.39 is 0 Å². The smallest absolute Gasteiger partial charge is 0.233 e. The summed E-state index contributed by atoms with van der Waals surface area (Å²) < 4.78 is 17.2. The summed E-state index contributed by atoms with van der Waals surface area (Å²) in [4.78, 5) is 19.3. The number of carbonyl (C=O) groups is 1. The highest BCUT2D eigenvalue weighted by Crippen LogP contribution is 2.40. The molecule has 0 aliphatic heterocycles. The quantitative estimate of drug-likeness (QED) is 0.560. The average Bonchev–Trinajstić information content (AvgIpc) is 3.10. The van der Waals surface area contributed by atoms with E-state index in [1.54, 1.807) is 31.3 Å². The predicted molar refractivity (Wildman–Crippen MR) is 112 cm³/mol. The molecule has 0 aliphatic carbocycles. The number of nitrogens with zero attached hydrogens (tertiary/aromatic N) is 2. The molecule has 6 nitrogen and oxygen atoms in total. The van der Waals surface area contributed by atoms with Crippen molar-refractivity contribution >= 4 is 44.2 Å². The van der Waals surface area contributed by atoms with Crippen LogP contribution in [0.1, 0.15) is 12.5 Å². The van der Waals surface area contributed by atoms with Gasteiger partial charge in [0.15, 0.2) is 16.6 Å². The number of amides is 1. The number of hydrogen-bond donors (Lipinski definition) is 0. The van der Waals surface area contributed by atoms with Crippen molar-refractivity contribution in [1.82, 2.24) is 4.98 Å². The third kappa shape index (κ3) is 3.86. The van der Waals surface area contributed by atoms with Crippen LogP contribution in [0.2, 0.25) is 5.02 Å². The van der Waals surface area contributed by atoms with Gasteiger partial charge < -0.3 is 14.2 Å². The van der Waals surface area contributed by atoms with Crippen molar-refractivity contribution in [2.24, 2.45) is 0 Å². The molecule has 2 aromatic carbocycles. The lowest BCUT2D eigenvalue weighted by Crippen LogP contribution is -2.32. The minimum Gasteiger partial charge on any atom is -0.493 e. The van der Waals surface area contributed by atoms with Gasteiger partial charge in [0.25, 0.3) is 0 Å². The molecule has 28 heavy (non-hydrogen) atoms. The van der Waals surface area contributed by atoms with Gasteiger partial charge in [-0.1, -0.05) is 29.0 Å². The van der Waals surface area contributed by atoms with Crippen LogP contribution in [0.3, 0.4) is 0 Å². The first-order valence-corrected chi connectivity index (χ1v) is 9.86. The number of anilines is 1. The Morgan fingerprint density at radius 1 is 1.11 bits per heavy atom. The average molecular weight is 421 g/mol. The molecular formula is C20H21ClN2O4S. The van der Waals surface area contributed by atoms with Gasteiger partial charge in [0.2, 0.25) is 11.7 Å². The van der Waals surface area contributed by atoms with Gasteiger partial charge in [-0.15, -0.1) is 0 Å². The highest BCUT2D eigenvalue weighted by molar-refractivity contribution is 7.22. The minimum absolute atomic E-state index is 0.0850. The summed E-state index contributed by atoms with van der Waals surface area (Å²) in [5, 5.41) is 1.26. The zero-order valence-corrected chi connectivity index (χ0v) is 17.7. The molecule has 0 atom stereocenters. The minimum atomic E-state index is -0.0850. The molecule has 1 amide bonds. The van der Waals surface area contributed by atoms with Crippen LogP contribution >= 0.6 is 22.9 Å². The second kappa shape index (κ2) is 8.67. The molecule has 0 fully saturated rings. The second-order valence-electron chi connectivity index (χ2n) is 5.92. The van der Waals surface area contributed by atoms with Crippen LogP contribution in [0.5, 0.6) is 17.2 Å². The van der Waals surface area contributed by atoms with Crippen molar-refractivity contribution in [2.75, 3.05) is 32.8 Å². The largest absolute Gasteiger partial charge is 0.493 e. The molecule has 1 aromatic heterocycles. The Hall–Kier alpha value is -2.51. The highest BCUT2D eigenvalue weighted by Gasteiger charge is 2.22. The first-order chi connectivity index (χ1) is 13.5. The molecule has 0 spiro atoms. The Kier molecular flexibility index (Phi) is 6.26. The van der Waals surface area contributed by atoms with Crippen LogP contribution in [0.25, 0.3) is 10.2 Å². The first kappa shape index (κ1) is 20.2. The first-order valence-electron chi connectivity index (χ1n) is 8.66. The van der Waals surface area contributed by atoms with E-state index in [1.165, 1.54) is 18.4 Å². The third-order valence-electron chi connectivity index (χ3n) is 4.31. The SMILES string of the molecule is CCN(C(=O)Cc1ccc(OC)c(OC)c1OC)c1nc2cc(Cl)ccc2s1. The fourth-order valence-corrected chi connectivity index (χ4v) is 4.18. The molecule has 8 heteroatoms. The summed E-state index contributed by atoms with van der Waals surface area (Å²) in [5.74, 6) is 1.42. The maximum absolute atomic E-state index is 13.0. The number of methoxy groups -OCH3 is 3. The number of likely N-dealkylation sites (N-methyl/N-ethyl adjacent to an activating group) is 1. The van der Waals surface area contributed by atoms with Crippen molar-refractivity contribution in [3.63, 3.8) is 0 Å². The van der Waals surface area contributed by atoms with Gasteiger partial charge in [0.1, 0.15) is 0 Å². The third-order valence-corrected chi connectivity index (χ3v) is 5.61. The number of aromatic nitrogens is 1. The maximum Gasteiger partial charge on any atom is 0.233 e. The number of hydrogen-bond acceptors (Lipinski definition) is 6. The fourth-order valence-electron chi connectivity index (χ4n) is 2.98. The van der Waals surface area contributed by atoms with Gasteiger partial charge in [-0.3, -0.25) is 9.69 Å². The molecule has 0 bridgehead atoms. The number of carbonyl (C=O) groups excluding carboxylic acids is 1. The molecule has 3 aromatic rings. The maximum atomic E-state index is 13.0. The Bertz CT molecular complexity index is 1010. The molecule has 0 radical (unpaired) electrons. The lowest BCUT2D eigenvalue weighted by atomic mass is 10.1. The van der Waals surface area contributed by atoms with Crippen LogP contribution in [-0.2, 0) is 11.2 Å².